The van der Waals surface area contributed by atoms with Gasteiger partial charge in [0.1, 0.15) is 5.82 Å². The first-order valence-electron chi connectivity index (χ1n) is 9.95. The normalized spacial score (nSPS) is 14.6. The van der Waals surface area contributed by atoms with Crippen LogP contribution in [0.4, 0.5) is 10.1 Å². The third-order valence-corrected chi connectivity index (χ3v) is 8.44. The Morgan fingerprint density at radius 3 is 2.58 bits per heavy atom. The number of esters is 1. The highest BCUT2D eigenvalue weighted by Crippen LogP contribution is 2.37. The number of nitrogens with one attached hydrogen (secondary N) is 1. The molecule has 7 nitrogen and oxygen atoms in total. The number of ether oxygens (including phenoxy) is 1. The number of benzene rings is 1. The molecule has 1 unspecified atom stereocenters. The Hall–Kier alpha value is -2.46. The van der Waals surface area contributed by atoms with Gasteiger partial charge >= 0.3 is 5.97 Å². The van der Waals surface area contributed by atoms with Gasteiger partial charge in [-0.25, -0.2) is 17.6 Å². The van der Waals surface area contributed by atoms with Crippen LogP contribution in [0.15, 0.2) is 28.5 Å². The molecule has 0 spiro atoms. The molecule has 2 heterocycles. The van der Waals surface area contributed by atoms with Crippen molar-refractivity contribution in [3.8, 4) is 0 Å². The number of carbonyl (C=O) groups excluding carboxylic acids is 2. The minimum absolute atomic E-state index is 0.00568. The third kappa shape index (κ3) is 5.07. The van der Waals surface area contributed by atoms with Gasteiger partial charge in [0.25, 0.3) is 10.0 Å². The number of fused-ring (bicyclic) bond motifs is 1. The van der Waals surface area contributed by atoms with Crippen LogP contribution in [-0.4, -0.2) is 38.8 Å². The Labute approximate surface area is 185 Å². The lowest BCUT2D eigenvalue weighted by molar-refractivity contribution is -0.133. The van der Waals surface area contributed by atoms with Crippen LogP contribution in [0.25, 0.3) is 0 Å². The first-order chi connectivity index (χ1) is 14.7. The van der Waals surface area contributed by atoms with Gasteiger partial charge in [-0.3, -0.25) is 9.52 Å². The van der Waals surface area contributed by atoms with Crippen molar-refractivity contribution in [3.05, 3.63) is 46.1 Å². The molecule has 0 bridgehead atoms. The molecule has 10 heteroatoms. The summed E-state index contributed by atoms with van der Waals surface area (Å²) in [7, 11) is -2.93. The first kappa shape index (κ1) is 23.2. The van der Waals surface area contributed by atoms with Crippen LogP contribution in [0.5, 0.6) is 0 Å². The molecule has 31 heavy (non-hydrogen) atoms. The zero-order chi connectivity index (χ0) is 22.8. The minimum Gasteiger partial charge on any atom is -0.465 e. The van der Waals surface area contributed by atoms with E-state index in [0.717, 1.165) is 29.9 Å². The van der Waals surface area contributed by atoms with Gasteiger partial charge in [-0.15, -0.1) is 11.3 Å². The highest BCUT2D eigenvalue weighted by molar-refractivity contribution is 7.94. The molecule has 0 saturated heterocycles. The van der Waals surface area contributed by atoms with Crippen molar-refractivity contribution in [3.63, 3.8) is 0 Å². The molecule has 0 saturated carbocycles. The van der Waals surface area contributed by atoms with Gasteiger partial charge in [-0.1, -0.05) is 20.3 Å². The number of halogens is 1. The number of amides is 1. The van der Waals surface area contributed by atoms with E-state index in [2.05, 4.69) is 4.72 Å². The fraction of sp³-hybridized carbons (Fsp3) is 0.429. The molecule has 1 aromatic heterocycles. The van der Waals surface area contributed by atoms with Gasteiger partial charge in [-0.05, 0) is 42.2 Å². The topological polar surface area (TPSA) is 92.8 Å². The molecule has 0 fully saturated rings. The second-order valence-electron chi connectivity index (χ2n) is 7.55. The lowest BCUT2D eigenvalue weighted by atomic mass is 10.0. The van der Waals surface area contributed by atoms with Gasteiger partial charge in [0.2, 0.25) is 5.91 Å². The maximum Gasteiger partial charge on any atom is 0.340 e. The molecule has 1 aliphatic heterocycles. The van der Waals surface area contributed by atoms with Gasteiger partial charge in [0.05, 0.1) is 19.2 Å². The molecule has 168 valence electrons. The Morgan fingerprint density at radius 2 is 1.97 bits per heavy atom. The highest BCUT2D eigenvalue weighted by Gasteiger charge is 2.35. The molecule has 1 aromatic carbocycles. The Kier molecular flexibility index (Phi) is 7.00. The number of thiophene rings is 1. The summed E-state index contributed by atoms with van der Waals surface area (Å²) in [6.07, 6.45) is 1.70. The average Bonchev–Trinajstić information content (AvgIpc) is 3.14. The second-order valence-corrected chi connectivity index (χ2v) is 10.5. The van der Waals surface area contributed by atoms with E-state index in [1.807, 2.05) is 13.8 Å². The Balaban J connectivity index is 1.94. The van der Waals surface area contributed by atoms with E-state index in [1.54, 1.807) is 4.90 Å². The number of hydrogen-bond acceptors (Lipinski definition) is 6. The third-order valence-electron chi connectivity index (χ3n) is 5.33. The van der Waals surface area contributed by atoms with E-state index in [-0.39, 0.29) is 33.8 Å². The van der Waals surface area contributed by atoms with Gasteiger partial charge in [0, 0.05) is 23.5 Å². The van der Waals surface area contributed by atoms with Crippen LogP contribution in [0.3, 0.4) is 0 Å². The van der Waals surface area contributed by atoms with Crippen LogP contribution in [-0.2, 0) is 32.5 Å². The van der Waals surface area contributed by atoms with E-state index in [1.165, 1.54) is 19.2 Å². The van der Waals surface area contributed by atoms with E-state index >= 15 is 0 Å². The van der Waals surface area contributed by atoms with Crippen LogP contribution >= 0.6 is 11.3 Å². The van der Waals surface area contributed by atoms with Gasteiger partial charge in [0.15, 0.2) is 4.21 Å². The predicted molar refractivity (Wildman–Crippen MR) is 116 cm³/mol. The van der Waals surface area contributed by atoms with Crippen LogP contribution in [0, 0.1) is 11.7 Å². The molecule has 1 atom stereocenters. The van der Waals surface area contributed by atoms with Crippen LogP contribution < -0.4 is 4.72 Å². The quantitative estimate of drug-likeness (QED) is 0.624. The molecule has 3 rings (SSSR count). The summed E-state index contributed by atoms with van der Waals surface area (Å²) in [5.74, 6) is -0.955. The maximum absolute atomic E-state index is 13.1. The Morgan fingerprint density at radius 1 is 1.29 bits per heavy atom. The fourth-order valence-electron chi connectivity index (χ4n) is 3.38. The smallest absolute Gasteiger partial charge is 0.340 e. The molecule has 2 aromatic rings. The largest absolute Gasteiger partial charge is 0.465 e. The summed E-state index contributed by atoms with van der Waals surface area (Å²) >= 11 is 0.962. The summed E-state index contributed by atoms with van der Waals surface area (Å²) in [6.45, 7) is 4.71. The SMILES string of the molecule is CCC(C)CC(=O)N1CCc2c(sc(S(=O)(=O)Nc3ccc(F)cc3)c2C(=O)OC)C1. The summed E-state index contributed by atoms with van der Waals surface area (Å²) < 4.78 is 46.3. The molecule has 0 aliphatic carbocycles. The molecule has 1 N–H and O–H groups in total. The number of carbonyl (C=O) groups is 2. The molecular formula is C21H25FN2O5S2. The van der Waals surface area contributed by atoms with E-state index in [4.69, 9.17) is 4.74 Å². The van der Waals surface area contributed by atoms with Gasteiger partial charge in [-0.2, -0.15) is 0 Å². The predicted octanol–water partition coefficient (Wildman–Crippen LogP) is 3.80. The molecular weight excluding hydrogens is 443 g/mol. The molecule has 0 radical (unpaired) electrons. The fourth-order valence-corrected chi connectivity index (χ4v) is 6.34. The number of methoxy groups -OCH3 is 1. The number of rotatable bonds is 7. The lowest BCUT2D eigenvalue weighted by Gasteiger charge is -2.28. The first-order valence-corrected chi connectivity index (χ1v) is 12.2. The van der Waals surface area contributed by atoms with Crippen molar-refractivity contribution in [1.29, 1.82) is 0 Å². The van der Waals surface area contributed by atoms with E-state index in [9.17, 15) is 22.4 Å². The zero-order valence-electron chi connectivity index (χ0n) is 17.6. The van der Waals surface area contributed by atoms with Crippen molar-refractivity contribution in [2.24, 2.45) is 5.92 Å². The minimum atomic E-state index is -4.12. The van der Waals surface area contributed by atoms with E-state index < -0.39 is 21.8 Å². The second kappa shape index (κ2) is 9.35. The number of sulfonamides is 1. The van der Waals surface area contributed by atoms with E-state index in [0.29, 0.717) is 29.8 Å². The summed E-state index contributed by atoms with van der Waals surface area (Å²) in [5, 5.41) is 0. The zero-order valence-corrected chi connectivity index (χ0v) is 19.2. The van der Waals surface area contributed by atoms with Crippen LogP contribution in [0.2, 0.25) is 0 Å². The van der Waals surface area contributed by atoms with Crippen molar-refractivity contribution >= 4 is 38.9 Å². The highest BCUT2D eigenvalue weighted by atomic mass is 32.2. The number of anilines is 1. The molecule has 1 aliphatic rings. The lowest BCUT2D eigenvalue weighted by Crippen LogP contribution is -2.36. The standard InChI is InChI=1S/C21H25FN2O5S2/c1-4-13(2)11-18(25)24-10-9-16-17(12-24)30-21(19(16)20(26)29-3)31(27,28)23-15-7-5-14(22)6-8-15/h5-8,13,23H,4,9-12H2,1-3H3. The van der Waals surface area contributed by atoms with Gasteiger partial charge < -0.3 is 9.64 Å². The molecule has 1 amide bonds. The number of nitrogens with zero attached hydrogens (tertiary/aromatic N) is 1. The Bertz CT molecular complexity index is 1080. The number of hydrogen-bond donors (Lipinski definition) is 1. The van der Waals surface area contributed by atoms with Crippen molar-refractivity contribution in [2.75, 3.05) is 18.4 Å². The average molecular weight is 469 g/mol. The maximum atomic E-state index is 13.1. The van der Waals surface area contributed by atoms with Crippen molar-refractivity contribution < 1.29 is 27.1 Å². The monoisotopic (exact) mass is 468 g/mol. The summed E-state index contributed by atoms with van der Waals surface area (Å²) in [6, 6.07) is 4.87. The summed E-state index contributed by atoms with van der Waals surface area (Å²) in [5.41, 5.74) is 0.781. The van der Waals surface area contributed by atoms with Crippen molar-refractivity contribution in [1.82, 2.24) is 4.90 Å². The van der Waals surface area contributed by atoms with Crippen molar-refractivity contribution in [2.45, 2.75) is 43.9 Å². The van der Waals surface area contributed by atoms with Crippen LogP contribution in [0.1, 0.15) is 47.5 Å². The summed E-state index contributed by atoms with van der Waals surface area (Å²) in [4.78, 5) is 27.4.